The average Bonchev–Trinajstić information content (AvgIpc) is 3.39. The molecule has 1 aliphatic heterocycles. The van der Waals surface area contributed by atoms with E-state index in [4.69, 9.17) is 4.74 Å². The van der Waals surface area contributed by atoms with Gasteiger partial charge in [-0.2, -0.15) is 16.4 Å². The summed E-state index contributed by atoms with van der Waals surface area (Å²) in [4.78, 5) is 6.49. The molecule has 1 atom stereocenters. The Morgan fingerprint density at radius 3 is 2.72 bits per heavy atom. The minimum atomic E-state index is 0.369. The third kappa shape index (κ3) is 4.34. The van der Waals surface area contributed by atoms with Crippen molar-refractivity contribution < 1.29 is 4.74 Å². The Morgan fingerprint density at radius 2 is 2.04 bits per heavy atom. The van der Waals surface area contributed by atoms with Crippen molar-refractivity contribution in [1.29, 1.82) is 0 Å². The third-order valence-electron chi connectivity index (χ3n) is 4.50. The smallest absolute Gasteiger partial charge is 0.138 e. The molecule has 0 saturated carbocycles. The molecular formula is C19H22N4OS. The minimum absolute atomic E-state index is 0.369. The molecule has 0 bridgehead atoms. The van der Waals surface area contributed by atoms with Gasteiger partial charge in [-0.1, -0.05) is 12.1 Å². The lowest BCUT2D eigenvalue weighted by molar-refractivity contribution is 0.0679. The van der Waals surface area contributed by atoms with Gasteiger partial charge in [-0.15, -0.1) is 0 Å². The molecule has 1 aliphatic rings. The number of nitrogens with zero attached hydrogens (tertiary/aromatic N) is 4. The first-order valence-electron chi connectivity index (χ1n) is 8.66. The zero-order chi connectivity index (χ0) is 16.9. The summed E-state index contributed by atoms with van der Waals surface area (Å²) in [7, 11) is 0. The Hall–Kier alpha value is -2.02. The molecule has 25 heavy (non-hydrogen) atoms. The number of thiophene rings is 1. The zero-order valence-corrected chi connectivity index (χ0v) is 14.9. The van der Waals surface area contributed by atoms with Crippen LogP contribution < -0.4 is 0 Å². The van der Waals surface area contributed by atoms with E-state index in [0.717, 1.165) is 31.9 Å². The first-order chi connectivity index (χ1) is 12.4. The summed E-state index contributed by atoms with van der Waals surface area (Å²) in [6, 6.07) is 10.7. The molecule has 130 valence electrons. The summed E-state index contributed by atoms with van der Waals surface area (Å²) in [5.74, 6) is 0. The van der Waals surface area contributed by atoms with Crippen LogP contribution in [0.4, 0.5) is 0 Å². The van der Waals surface area contributed by atoms with Gasteiger partial charge in [-0.3, -0.25) is 4.90 Å². The van der Waals surface area contributed by atoms with Gasteiger partial charge in [0.1, 0.15) is 12.7 Å². The predicted molar refractivity (Wildman–Crippen MR) is 98.8 cm³/mol. The highest BCUT2D eigenvalue weighted by atomic mass is 32.1. The van der Waals surface area contributed by atoms with Gasteiger partial charge in [0.05, 0.1) is 11.8 Å². The van der Waals surface area contributed by atoms with Crippen molar-refractivity contribution in [3.05, 3.63) is 64.9 Å². The van der Waals surface area contributed by atoms with E-state index in [1.54, 1.807) is 28.7 Å². The van der Waals surface area contributed by atoms with Crippen LogP contribution in [0.15, 0.2) is 53.7 Å². The van der Waals surface area contributed by atoms with Crippen LogP contribution in [0.2, 0.25) is 0 Å². The van der Waals surface area contributed by atoms with Crippen LogP contribution in [-0.2, 0) is 17.8 Å². The standard InChI is InChI=1S/C19H22N4OS/c1-2-19(24-8-1)12-22(11-17-7-9-25-13-17)10-16-3-5-18(6-4-16)23-15-20-14-21-23/h3-7,9,13-15,19H,1-2,8,10-12H2/t19-/m1/s1. The molecule has 0 unspecified atom stereocenters. The largest absolute Gasteiger partial charge is 0.377 e. The maximum Gasteiger partial charge on any atom is 0.138 e. The summed E-state index contributed by atoms with van der Waals surface area (Å²) in [5.41, 5.74) is 3.71. The van der Waals surface area contributed by atoms with Gasteiger partial charge in [-0.25, -0.2) is 9.67 Å². The molecule has 6 heteroatoms. The Labute approximate surface area is 151 Å². The van der Waals surface area contributed by atoms with Gasteiger partial charge in [0, 0.05) is 26.2 Å². The highest BCUT2D eigenvalue weighted by Crippen LogP contribution is 2.19. The molecule has 0 N–H and O–H groups in total. The van der Waals surface area contributed by atoms with Crippen molar-refractivity contribution in [2.24, 2.45) is 0 Å². The molecule has 4 rings (SSSR count). The van der Waals surface area contributed by atoms with E-state index < -0.39 is 0 Å². The average molecular weight is 354 g/mol. The van der Waals surface area contributed by atoms with Crippen LogP contribution in [0.1, 0.15) is 24.0 Å². The van der Waals surface area contributed by atoms with Crippen molar-refractivity contribution in [2.75, 3.05) is 13.2 Å². The number of hydrogen-bond acceptors (Lipinski definition) is 5. The Kier molecular flexibility index (Phi) is 5.20. The van der Waals surface area contributed by atoms with Crippen LogP contribution >= 0.6 is 11.3 Å². The number of benzene rings is 1. The van der Waals surface area contributed by atoms with Gasteiger partial charge in [-0.05, 0) is 52.9 Å². The monoisotopic (exact) mass is 354 g/mol. The summed E-state index contributed by atoms with van der Waals surface area (Å²) >= 11 is 1.76. The van der Waals surface area contributed by atoms with Crippen LogP contribution in [-0.4, -0.2) is 38.9 Å². The third-order valence-corrected chi connectivity index (χ3v) is 5.23. The maximum atomic E-state index is 5.85. The van der Waals surface area contributed by atoms with Gasteiger partial charge in [0.25, 0.3) is 0 Å². The lowest BCUT2D eigenvalue weighted by Gasteiger charge is -2.25. The van der Waals surface area contributed by atoms with E-state index in [1.165, 1.54) is 24.0 Å². The van der Waals surface area contributed by atoms with Gasteiger partial charge >= 0.3 is 0 Å². The van der Waals surface area contributed by atoms with Crippen molar-refractivity contribution >= 4 is 11.3 Å². The maximum absolute atomic E-state index is 5.85. The highest BCUT2D eigenvalue weighted by Gasteiger charge is 2.19. The van der Waals surface area contributed by atoms with Crippen molar-refractivity contribution in [3.63, 3.8) is 0 Å². The van der Waals surface area contributed by atoms with Crippen molar-refractivity contribution in [1.82, 2.24) is 19.7 Å². The quantitative estimate of drug-likeness (QED) is 0.651. The molecule has 3 heterocycles. The van der Waals surface area contributed by atoms with E-state index in [9.17, 15) is 0 Å². The van der Waals surface area contributed by atoms with Gasteiger partial charge in [0.2, 0.25) is 0 Å². The lowest BCUT2D eigenvalue weighted by Crippen LogP contribution is -2.31. The second kappa shape index (κ2) is 7.91. The number of ether oxygens (including phenoxy) is 1. The molecule has 1 fully saturated rings. The molecule has 0 amide bonds. The van der Waals surface area contributed by atoms with Gasteiger partial charge in [0.15, 0.2) is 0 Å². The van der Waals surface area contributed by atoms with Crippen molar-refractivity contribution in [3.8, 4) is 5.69 Å². The second-order valence-corrected chi connectivity index (χ2v) is 7.22. The molecule has 1 saturated heterocycles. The molecule has 2 aromatic heterocycles. The molecule has 0 aliphatic carbocycles. The highest BCUT2D eigenvalue weighted by molar-refractivity contribution is 7.07. The molecule has 0 spiro atoms. The Bertz CT molecular complexity index is 749. The van der Waals surface area contributed by atoms with E-state index in [1.807, 2.05) is 0 Å². The van der Waals surface area contributed by atoms with E-state index in [0.29, 0.717) is 6.10 Å². The van der Waals surface area contributed by atoms with Crippen LogP contribution in [0.25, 0.3) is 5.69 Å². The number of hydrogen-bond donors (Lipinski definition) is 0. The second-order valence-electron chi connectivity index (χ2n) is 6.44. The molecule has 1 aromatic carbocycles. The van der Waals surface area contributed by atoms with E-state index in [2.05, 4.69) is 56.1 Å². The minimum Gasteiger partial charge on any atom is -0.377 e. The summed E-state index contributed by atoms with van der Waals surface area (Å²) in [6.45, 7) is 3.78. The Balaban J connectivity index is 1.45. The van der Waals surface area contributed by atoms with E-state index in [-0.39, 0.29) is 0 Å². The topological polar surface area (TPSA) is 43.2 Å². The SMILES string of the molecule is c1ncn(-c2ccc(CN(Cc3ccsc3)C[C@H]3CCCO3)cc2)n1. The number of rotatable bonds is 7. The van der Waals surface area contributed by atoms with Crippen molar-refractivity contribution in [2.45, 2.75) is 32.0 Å². The van der Waals surface area contributed by atoms with Crippen LogP contribution in [0.3, 0.4) is 0 Å². The van der Waals surface area contributed by atoms with E-state index >= 15 is 0 Å². The fourth-order valence-electron chi connectivity index (χ4n) is 3.26. The fraction of sp³-hybridized carbons (Fsp3) is 0.368. The predicted octanol–water partition coefficient (Wildman–Crippen LogP) is 3.51. The summed E-state index contributed by atoms with van der Waals surface area (Å²) in [6.07, 6.45) is 6.00. The van der Waals surface area contributed by atoms with Crippen LogP contribution in [0, 0.1) is 0 Å². The van der Waals surface area contributed by atoms with Crippen LogP contribution in [0.5, 0.6) is 0 Å². The molecule has 0 radical (unpaired) electrons. The lowest BCUT2D eigenvalue weighted by atomic mass is 10.1. The zero-order valence-electron chi connectivity index (χ0n) is 14.1. The first kappa shape index (κ1) is 16.4. The molecule has 5 nitrogen and oxygen atoms in total. The first-order valence-corrected chi connectivity index (χ1v) is 9.60. The molecular weight excluding hydrogens is 332 g/mol. The Morgan fingerprint density at radius 1 is 1.16 bits per heavy atom. The molecule has 3 aromatic rings. The summed E-state index contributed by atoms with van der Waals surface area (Å²) in [5, 5.41) is 8.55. The fourth-order valence-corrected chi connectivity index (χ4v) is 3.92. The normalized spacial score (nSPS) is 17.4. The summed E-state index contributed by atoms with van der Waals surface area (Å²) < 4.78 is 7.63. The van der Waals surface area contributed by atoms with Gasteiger partial charge < -0.3 is 4.74 Å². The number of aromatic nitrogens is 3.